The smallest absolute Gasteiger partial charge is 0.244 e. The second-order valence-corrected chi connectivity index (χ2v) is 6.52. The molecule has 1 saturated heterocycles. The maximum Gasteiger partial charge on any atom is 0.244 e. The summed E-state index contributed by atoms with van der Waals surface area (Å²) in [6, 6.07) is 3.49. The number of anilines is 1. The van der Waals surface area contributed by atoms with Crippen molar-refractivity contribution in [1.29, 1.82) is 0 Å². The molecule has 8 heteroatoms. The van der Waals surface area contributed by atoms with Gasteiger partial charge in [-0.3, -0.25) is 4.79 Å². The van der Waals surface area contributed by atoms with Crippen molar-refractivity contribution in [2.45, 2.75) is 17.9 Å². The number of benzene rings is 1. The molecular formula is C12H17N3O4S. The first-order valence-corrected chi connectivity index (χ1v) is 7.53. The lowest BCUT2D eigenvalue weighted by Gasteiger charge is -2.32. The maximum atomic E-state index is 12.6. The number of nitrogens with two attached hydrogens (primary N) is 2. The molecule has 1 aliphatic heterocycles. The highest BCUT2D eigenvalue weighted by Crippen LogP contribution is 2.23. The molecule has 1 aliphatic rings. The van der Waals surface area contributed by atoms with E-state index in [1.807, 2.05) is 0 Å². The molecule has 0 aliphatic carbocycles. The molecule has 1 aromatic carbocycles. The van der Waals surface area contributed by atoms with E-state index in [-0.39, 0.29) is 24.7 Å². The lowest BCUT2D eigenvalue weighted by molar-refractivity contribution is -0.125. The molecule has 7 nitrogen and oxygen atoms in total. The van der Waals surface area contributed by atoms with Gasteiger partial charge in [-0.15, -0.1) is 0 Å². The van der Waals surface area contributed by atoms with E-state index in [1.54, 1.807) is 13.0 Å². The molecule has 20 heavy (non-hydrogen) atoms. The molecule has 1 fully saturated rings. The van der Waals surface area contributed by atoms with Crippen LogP contribution in [-0.4, -0.2) is 44.4 Å². The van der Waals surface area contributed by atoms with E-state index in [2.05, 4.69) is 0 Å². The summed E-state index contributed by atoms with van der Waals surface area (Å²) in [6.07, 6.45) is 0. The molecule has 4 N–H and O–H groups in total. The highest BCUT2D eigenvalue weighted by Gasteiger charge is 2.37. The molecule has 1 unspecified atom stereocenters. The van der Waals surface area contributed by atoms with Crippen LogP contribution in [0.5, 0.6) is 0 Å². The molecule has 0 spiro atoms. The van der Waals surface area contributed by atoms with Crippen molar-refractivity contribution >= 4 is 21.6 Å². The van der Waals surface area contributed by atoms with Crippen molar-refractivity contribution in [3.05, 3.63) is 23.8 Å². The van der Waals surface area contributed by atoms with Crippen LogP contribution in [0.1, 0.15) is 5.56 Å². The number of nitrogens with zero attached hydrogens (tertiary/aromatic N) is 1. The Bertz CT molecular complexity index is 630. The lowest BCUT2D eigenvalue weighted by Crippen LogP contribution is -2.54. The van der Waals surface area contributed by atoms with Crippen molar-refractivity contribution in [2.75, 3.05) is 25.5 Å². The summed E-state index contributed by atoms with van der Waals surface area (Å²) in [6.45, 7) is 2.07. The van der Waals surface area contributed by atoms with Gasteiger partial charge in [-0.1, -0.05) is 6.07 Å². The molecule has 0 saturated carbocycles. The Morgan fingerprint density at radius 2 is 2.15 bits per heavy atom. The summed E-state index contributed by atoms with van der Waals surface area (Å²) in [7, 11) is -3.82. The Balaban J connectivity index is 2.42. The Morgan fingerprint density at radius 1 is 1.45 bits per heavy atom. The third-order valence-corrected chi connectivity index (χ3v) is 5.17. The van der Waals surface area contributed by atoms with E-state index >= 15 is 0 Å². The summed E-state index contributed by atoms with van der Waals surface area (Å²) in [5, 5.41) is 0. The zero-order chi connectivity index (χ0) is 14.9. The Kier molecular flexibility index (Phi) is 3.98. The predicted octanol–water partition coefficient (Wildman–Crippen LogP) is -0.548. The number of aryl methyl sites for hydroxylation is 1. The van der Waals surface area contributed by atoms with E-state index in [1.165, 1.54) is 12.1 Å². The van der Waals surface area contributed by atoms with Gasteiger partial charge in [-0.2, -0.15) is 4.31 Å². The number of nitrogen functional groups attached to an aromatic ring is 1. The fourth-order valence-electron chi connectivity index (χ4n) is 2.01. The second-order valence-electron chi connectivity index (χ2n) is 4.63. The molecule has 0 radical (unpaired) electrons. The maximum absolute atomic E-state index is 12.6. The lowest BCUT2D eigenvalue weighted by atomic mass is 10.2. The minimum atomic E-state index is -3.82. The first kappa shape index (κ1) is 14.8. The fraction of sp³-hybridized carbons (Fsp3) is 0.417. The molecule has 1 atom stereocenters. The van der Waals surface area contributed by atoms with Crippen LogP contribution >= 0.6 is 0 Å². The highest BCUT2D eigenvalue weighted by atomic mass is 32.2. The standard InChI is InChI=1S/C12H17N3O4S/c1-8-2-3-9(6-10(8)13)20(17,18)15-4-5-19-7-11(15)12(14)16/h2-3,6,11H,4-5,7,13H2,1H3,(H2,14,16). The normalized spacial score (nSPS) is 20.8. The number of carbonyl (C=O) groups excluding carboxylic acids is 1. The zero-order valence-electron chi connectivity index (χ0n) is 11.1. The van der Waals surface area contributed by atoms with Crippen molar-refractivity contribution in [3.63, 3.8) is 0 Å². The van der Waals surface area contributed by atoms with Crippen LogP contribution in [0.25, 0.3) is 0 Å². The average molecular weight is 299 g/mol. The fourth-order valence-corrected chi connectivity index (χ4v) is 3.62. The minimum Gasteiger partial charge on any atom is -0.398 e. The number of carbonyl (C=O) groups is 1. The van der Waals surface area contributed by atoms with Gasteiger partial charge in [0.1, 0.15) is 6.04 Å². The van der Waals surface area contributed by atoms with Gasteiger partial charge in [0.15, 0.2) is 0 Å². The van der Waals surface area contributed by atoms with E-state index in [9.17, 15) is 13.2 Å². The summed E-state index contributed by atoms with van der Waals surface area (Å²) in [5.74, 6) is -0.728. The number of morpholine rings is 1. The molecule has 1 aromatic rings. The van der Waals surface area contributed by atoms with Crippen LogP contribution in [0, 0.1) is 6.92 Å². The summed E-state index contributed by atoms with van der Waals surface area (Å²) < 4.78 is 31.3. The van der Waals surface area contributed by atoms with Gasteiger partial charge in [0.05, 0.1) is 18.1 Å². The number of hydrogen-bond donors (Lipinski definition) is 2. The minimum absolute atomic E-state index is 0.0318. The van der Waals surface area contributed by atoms with Crippen LogP contribution in [0.15, 0.2) is 23.1 Å². The van der Waals surface area contributed by atoms with Gasteiger partial charge in [0.25, 0.3) is 0 Å². The van der Waals surface area contributed by atoms with Gasteiger partial charge >= 0.3 is 0 Å². The van der Waals surface area contributed by atoms with Crippen LogP contribution in [0.2, 0.25) is 0 Å². The Hall–Kier alpha value is -1.64. The van der Waals surface area contributed by atoms with Crippen LogP contribution < -0.4 is 11.5 Å². The van der Waals surface area contributed by atoms with Gasteiger partial charge in [0.2, 0.25) is 15.9 Å². The monoisotopic (exact) mass is 299 g/mol. The molecule has 0 bridgehead atoms. The zero-order valence-corrected chi connectivity index (χ0v) is 11.9. The highest BCUT2D eigenvalue weighted by molar-refractivity contribution is 7.89. The predicted molar refractivity (Wildman–Crippen MR) is 73.3 cm³/mol. The number of rotatable bonds is 3. The Morgan fingerprint density at radius 3 is 2.75 bits per heavy atom. The molecule has 1 heterocycles. The first-order valence-electron chi connectivity index (χ1n) is 6.09. The SMILES string of the molecule is Cc1ccc(S(=O)(=O)N2CCOCC2C(N)=O)cc1N. The van der Waals surface area contributed by atoms with Crippen LogP contribution in [-0.2, 0) is 19.6 Å². The van der Waals surface area contributed by atoms with E-state index in [0.29, 0.717) is 5.69 Å². The Labute approximate surface area is 117 Å². The van der Waals surface area contributed by atoms with Gasteiger partial charge in [-0.25, -0.2) is 8.42 Å². The quantitative estimate of drug-likeness (QED) is 0.727. The third kappa shape index (κ3) is 2.62. The summed E-state index contributed by atoms with van der Waals surface area (Å²) in [5.41, 5.74) is 12.2. The number of ether oxygens (including phenoxy) is 1. The van der Waals surface area contributed by atoms with Crippen molar-refractivity contribution in [3.8, 4) is 0 Å². The van der Waals surface area contributed by atoms with Gasteiger partial charge < -0.3 is 16.2 Å². The molecule has 1 amide bonds. The number of hydrogen-bond acceptors (Lipinski definition) is 5. The van der Waals surface area contributed by atoms with Crippen molar-refractivity contribution in [1.82, 2.24) is 4.31 Å². The van der Waals surface area contributed by atoms with Gasteiger partial charge in [0, 0.05) is 12.2 Å². The summed E-state index contributed by atoms with van der Waals surface area (Å²) >= 11 is 0. The molecular weight excluding hydrogens is 282 g/mol. The second kappa shape index (κ2) is 5.39. The first-order chi connectivity index (χ1) is 9.34. The molecule has 0 aromatic heterocycles. The van der Waals surface area contributed by atoms with Crippen molar-refractivity contribution < 1.29 is 17.9 Å². The van der Waals surface area contributed by atoms with Crippen LogP contribution in [0.3, 0.4) is 0 Å². The molecule has 110 valence electrons. The largest absolute Gasteiger partial charge is 0.398 e. The number of amides is 1. The summed E-state index contributed by atoms with van der Waals surface area (Å²) in [4.78, 5) is 11.4. The van der Waals surface area contributed by atoms with E-state index < -0.39 is 22.0 Å². The van der Waals surface area contributed by atoms with Crippen molar-refractivity contribution in [2.24, 2.45) is 5.73 Å². The van der Waals surface area contributed by atoms with E-state index in [0.717, 1.165) is 9.87 Å². The van der Waals surface area contributed by atoms with Gasteiger partial charge in [-0.05, 0) is 24.6 Å². The topological polar surface area (TPSA) is 116 Å². The number of primary amides is 1. The van der Waals surface area contributed by atoms with E-state index in [4.69, 9.17) is 16.2 Å². The third-order valence-electron chi connectivity index (χ3n) is 3.27. The number of sulfonamides is 1. The molecule has 2 rings (SSSR count). The van der Waals surface area contributed by atoms with Crippen LogP contribution in [0.4, 0.5) is 5.69 Å². The average Bonchev–Trinajstić information content (AvgIpc) is 2.41.